The minimum Gasteiger partial charge on any atom is -0.497 e. The zero-order valence-electron chi connectivity index (χ0n) is 13.7. The van der Waals surface area contributed by atoms with Gasteiger partial charge in [-0.15, -0.1) is 0 Å². The molecule has 0 amide bonds. The van der Waals surface area contributed by atoms with E-state index in [1.807, 2.05) is 54.6 Å². The van der Waals surface area contributed by atoms with E-state index in [0.29, 0.717) is 17.9 Å². The van der Waals surface area contributed by atoms with E-state index in [4.69, 9.17) is 4.74 Å². The van der Waals surface area contributed by atoms with Crippen molar-refractivity contribution in [3.8, 4) is 11.6 Å². The second-order valence-electron chi connectivity index (χ2n) is 5.82. The number of aliphatic imine (C=N–C) groups is 1. The van der Waals surface area contributed by atoms with E-state index in [0.717, 1.165) is 28.1 Å². The first-order chi connectivity index (χ1) is 12.2. The molecular weight excluding hydrogens is 314 g/mol. The van der Waals surface area contributed by atoms with Crippen molar-refractivity contribution < 1.29 is 9.84 Å². The zero-order valence-corrected chi connectivity index (χ0v) is 13.7. The van der Waals surface area contributed by atoms with Crippen molar-refractivity contribution in [1.82, 2.24) is 9.97 Å². The molecule has 1 aromatic heterocycles. The predicted octanol–water partition coefficient (Wildman–Crippen LogP) is 3.97. The highest BCUT2D eigenvalue weighted by molar-refractivity contribution is 6.21. The highest BCUT2D eigenvalue weighted by Crippen LogP contribution is 2.33. The molecule has 0 fully saturated rings. The first-order valence-electron chi connectivity index (χ1n) is 7.99. The molecule has 0 unspecified atom stereocenters. The van der Waals surface area contributed by atoms with Crippen molar-refractivity contribution in [1.29, 1.82) is 0 Å². The van der Waals surface area contributed by atoms with E-state index in [1.165, 1.54) is 0 Å². The molecular formula is C20H17N3O2. The number of aromatic amines is 1. The summed E-state index contributed by atoms with van der Waals surface area (Å²) in [6.07, 6.45) is 4.27. The molecule has 0 aliphatic carbocycles. The predicted molar refractivity (Wildman–Crippen MR) is 98.5 cm³/mol. The summed E-state index contributed by atoms with van der Waals surface area (Å²) in [7, 11) is 1.64. The SMILES string of the molecule is COc1ccc(Cc2nc(O)c(/C=C3\C=Nc4ccccc43)[nH]2)cc1. The fourth-order valence-corrected chi connectivity index (χ4v) is 2.86. The molecule has 4 rings (SSSR count). The van der Waals surface area contributed by atoms with Gasteiger partial charge in [-0.25, -0.2) is 0 Å². The van der Waals surface area contributed by atoms with Gasteiger partial charge in [0.05, 0.1) is 12.8 Å². The lowest BCUT2D eigenvalue weighted by molar-refractivity contribution is 0.414. The molecule has 5 heteroatoms. The van der Waals surface area contributed by atoms with Crippen molar-refractivity contribution in [2.45, 2.75) is 6.42 Å². The number of benzene rings is 2. The number of nitrogens with zero attached hydrogens (tertiary/aromatic N) is 2. The fraction of sp³-hybridized carbons (Fsp3) is 0.100. The van der Waals surface area contributed by atoms with Crippen LogP contribution in [0, 0.1) is 0 Å². The number of rotatable bonds is 4. The molecule has 0 saturated carbocycles. The summed E-state index contributed by atoms with van der Waals surface area (Å²) in [6.45, 7) is 0. The summed E-state index contributed by atoms with van der Waals surface area (Å²) in [5.41, 5.74) is 4.60. The third-order valence-corrected chi connectivity index (χ3v) is 4.15. The van der Waals surface area contributed by atoms with Crippen molar-refractivity contribution >= 4 is 23.6 Å². The van der Waals surface area contributed by atoms with Gasteiger partial charge in [-0.2, -0.15) is 4.98 Å². The van der Waals surface area contributed by atoms with Gasteiger partial charge in [-0.05, 0) is 29.8 Å². The van der Waals surface area contributed by atoms with Gasteiger partial charge in [0.2, 0.25) is 5.88 Å². The maximum Gasteiger partial charge on any atom is 0.237 e. The van der Waals surface area contributed by atoms with Crippen LogP contribution in [0.15, 0.2) is 53.5 Å². The van der Waals surface area contributed by atoms with Gasteiger partial charge in [-0.3, -0.25) is 4.99 Å². The summed E-state index contributed by atoms with van der Waals surface area (Å²) in [4.78, 5) is 11.8. The van der Waals surface area contributed by atoms with E-state index in [9.17, 15) is 5.11 Å². The third-order valence-electron chi connectivity index (χ3n) is 4.15. The molecule has 1 aliphatic rings. The van der Waals surface area contributed by atoms with Crippen LogP contribution in [0.5, 0.6) is 11.6 Å². The van der Waals surface area contributed by atoms with E-state index in [2.05, 4.69) is 15.0 Å². The number of allylic oxidation sites excluding steroid dienone is 1. The number of para-hydroxylation sites is 1. The van der Waals surface area contributed by atoms with Gasteiger partial charge in [0, 0.05) is 23.8 Å². The summed E-state index contributed by atoms with van der Waals surface area (Å²) in [6, 6.07) is 15.7. The average molecular weight is 331 g/mol. The van der Waals surface area contributed by atoms with Gasteiger partial charge in [0.25, 0.3) is 0 Å². The molecule has 0 atom stereocenters. The lowest BCUT2D eigenvalue weighted by atomic mass is 10.1. The molecule has 25 heavy (non-hydrogen) atoms. The molecule has 5 nitrogen and oxygen atoms in total. The molecule has 0 saturated heterocycles. The first-order valence-corrected chi connectivity index (χ1v) is 7.99. The smallest absolute Gasteiger partial charge is 0.237 e. The monoisotopic (exact) mass is 331 g/mol. The Balaban J connectivity index is 1.59. The van der Waals surface area contributed by atoms with Gasteiger partial charge in [-0.1, -0.05) is 30.3 Å². The van der Waals surface area contributed by atoms with E-state index < -0.39 is 0 Å². The summed E-state index contributed by atoms with van der Waals surface area (Å²) >= 11 is 0. The molecule has 2 N–H and O–H groups in total. The Hall–Kier alpha value is -3.34. The number of aromatic nitrogens is 2. The normalized spacial score (nSPS) is 14.0. The maximum atomic E-state index is 10.1. The second-order valence-corrected chi connectivity index (χ2v) is 5.82. The highest BCUT2D eigenvalue weighted by Gasteiger charge is 2.14. The minimum atomic E-state index is -0.00575. The summed E-state index contributed by atoms with van der Waals surface area (Å²) < 4.78 is 5.16. The number of fused-ring (bicyclic) bond motifs is 1. The number of nitrogens with one attached hydrogen (secondary N) is 1. The highest BCUT2D eigenvalue weighted by atomic mass is 16.5. The zero-order chi connectivity index (χ0) is 17.2. The number of imidazole rings is 1. The third kappa shape index (κ3) is 3.04. The molecule has 124 valence electrons. The number of ether oxygens (including phenoxy) is 1. The summed E-state index contributed by atoms with van der Waals surface area (Å²) in [5, 5.41) is 10.1. The fourth-order valence-electron chi connectivity index (χ4n) is 2.86. The van der Waals surface area contributed by atoms with E-state index in [1.54, 1.807) is 13.3 Å². The molecule has 2 aromatic carbocycles. The Kier molecular flexibility index (Phi) is 3.82. The molecule has 3 aromatic rings. The van der Waals surface area contributed by atoms with Gasteiger partial charge < -0.3 is 14.8 Å². The van der Waals surface area contributed by atoms with Gasteiger partial charge in [0.15, 0.2) is 0 Å². The Morgan fingerprint density at radius 2 is 1.92 bits per heavy atom. The van der Waals surface area contributed by atoms with Crippen LogP contribution in [0.4, 0.5) is 5.69 Å². The number of methoxy groups -OCH3 is 1. The molecule has 2 heterocycles. The largest absolute Gasteiger partial charge is 0.497 e. The minimum absolute atomic E-state index is 0.00575. The van der Waals surface area contributed by atoms with Crippen molar-refractivity contribution in [2.75, 3.05) is 7.11 Å². The van der Waals surface area contributed by atoms with Crippen molar-refractivity contribution in [3.05, 3.63) is 71.2 Å². The Morgan fingerprint density at radius 3 is 2.72 bits per heavy atom. The topological polar surface area (TPSA) is 70.5 Å². The number of hydrogen-bond donors (Lipinski definition) is 2. The van der Waals surface area contributed by atoms with Gasteiger partial charge >= 0.3 is 0 Å². The van der Waals surface area contributed by atoms with Crippen LogP contribution in [0.3, 0.4) is 0 Å². The Labute approximate surface area is 145 Å². The molecule has 0 spiro atoms. The lowest BCUT2D eigenvalue weighted by Crippen LogP contribution is -1.91. The number of aromatic hydroxyl groups is 1. The van der Waals surface area contributed by atoms with Gasteiger partial charge in [0.1, 0.15) is 17.3 Å². The van der Waals surface area contributed by atoms with Crippen LogP contribution in [0.1, 0.15) is 22.6 Å². The molecule has 0 radical (unpaired) electrons. The lowest BCUT2D eigenvalue weighted by Gasteiger charge is -2.01. The standard InChI is InChI=1S/C20H17N3O2/c1-25-15-8-6-13(7-9-15)10-19-22-18(20(24)23-19)11-14-12-21-17-5-3-2-4-16(14)17/h2-9,11-12,24H,10H2,1H3,(H,22,23)/b14-11+. The average Bonchev–Trinajstić information content (AvgIpc) is 3.20. The first kappa shape index (κ1) is 15.2. The second kappa shape index (κ2) is 6.28. The van der Waals surface area contributed by atoms with E-state index in [-0.39, 0.29) is 5.88 Å². The quantitative estimate of drug-likeness (QED) is 0.760. The Bertz CT molecular complexity index is 969. The van der Waals surface area contributed by atoms with Crippen LogP contribution in [0.25, 0.3) is 11.6 Å². The Morgan fingerprint density at radius 1 is 1.12 bits per heavy atom. The van der Waals surface area contributed by atoms with Crippen LogP contribution < -0.4 is 4.74 Å². The van der Waals surface area contributed by atoms with Crippen LogP contribution in [-0.4, -0.2) is 28.4 Å². The van der Waals surface area contributed by atoms with Crippen molar-refractivity contribution in [3.63, 3.8) is 0 Å². The molecule has 1 aliphatic heterocycles. The maximum absolute atomic E-state index is 10.1. The van der Waals surface area contributed by atoms with Crippen LogP contribution in [-0.2, 0) is 6.42 Å². The number of H-pyrrole nitrogens is 1. The van der Waals surface area contributed by atoms with Crippen LogP contribution in [0.2, 0.25) is 0 Å². The molecule has 0 bridgehead atoms. The van der Waals surface area contributed by atoms with E-state index >= 15 is 0 Å². The number of hydrogen-bond acceptors (Lipinski definition) is 4. The van der Waals surface area contributed by atoms with Crippen LogP contribution >= 0.6 is 0 Å². The summed E-state index contributed by atoms with van der Waals surface area (Å²) in [5.74, 6) is 1.52. The van der Waals surface area contributed by atoms with Crippen molar-refractivity contribution in [2.24, 2.45) is 4.99 Å².